The fourth-order valence-electron chi connectivity index (χ4n) is 2.85. The first-order valence-corrected chi connectivity index (χ1v) is 8.14. The summed E-state index contributed by atoms with van der Waals surface area (Å²) in [6, 6.07) is 0. The first-order chi connectivity index (χ1) is 8.44. The normalized spacial score (nSPS) is 26.8. The summed E-state index contributed by atoms with van der Waals surface area (Å²) in [5.41, 5.74) is 0. The number of likely N-dealkylation sites (tertiary alicyclic amines) is 1. The highest BCUT2D eigenvalue weighted by molar-refractivity contribution is 7.89. The van der Waals surface area contributed by atoms with Crippen LogP contribution in [0.15, 0.2) is 0 Å². The van der Waals surface area contributed by atoms with Crippen molar-refractivity contribution in [2.75, 3.05) is 31.9 Å². The van der Waals surface area contributed by atoms with E-state index in [4.69, 9.17) is 5.14 Å². The number of nitrogens with one attached hydrogen (secondary N) is 1. The van der Waals surface area contributed by atoms with E-state index >= 15 is 0 Å². The first kappa shape index (κ1) is 13.8. The maximum absolute atomic E-state index is 11.8. The molecule has 2 saturated heterocycles. The van der Waals surface area contributed by atoms with Crippen molar-refractivity contribution >= 4 is 15.9 Å². The van der Waals surface area contributed by atoms with Crippen LogP contribution in [0.1, 0.15) is 19.3 Å². The highest BCUT2D eigenvalue weighted by atomic mass is 32.2. The number of nitrogens with two attached hydrogens (primary N) is 1. The van der Waals surface area contributed by atoms with Crippen LogP contribution in [-0.4, -0.2) is 51.2 Å². The maximum atomic E-state index is 11.8. The first-order valence-electron chi connectivity index (χ1n) is 6.43. The third-order valence-electron chi connectivity index (χ3n) is 3.70. The monoisotopic (exact) mass is 275 g/mol. The molecule has 0 aromatic heterocycles. The molecule has 0 radical (unpaired) electrons. The number of piperidine rings is 1. The zero-order valence-electron chi connectivity index (χ0n) is 10.5. The summed E-state index contributed by atoms with van der Waals surface area (Å²) in [7, 11) is -3.48. The lowest BCUT2D eigenvalue weighted by molar-refractivity contribution is -0.128. The summed E-state index contributed by atoms with van der Waals surface area (Å²) < 4.78 is 22.1. The number of rotatable bonds is 4. The summed E-state index contributed by atoms with van der Waals surface area (Å²) in [5.74, 6) is 0.404. The van der Waals surface area contributed by atoms with Crippen LogP contribution in [0.3, 0.4) is 0 Å². The number of amides is 1. The lowest BCUT2D eigenvalue weighted by Gasteiger charge is -2.27. The van der Waals surface area contributed by atoms with Gasteiger partial charge in [0.25, 0.3) is 0 Å². The van der Waals surface area contributed by atoms with Crippen LogP contribution in [0, 0.1) is 11.8 Å². The van der Waals surface area contributed by atoms with Gasteiger partial charge in [0.15, 0.2) is 0 Å². The molecule has 3 N–H and O–H groups in total. The van der Waals surface area contributed by atoms with E-state index in [1.54, 1.807) is 0 Å². The van der Waals surface area contributed by atoms with Gasteiger partial charge in [-0.1, -0.05) is 0 Å². The SMILES string of the molecule is NS(=O)(=O)CC1CC(=O)N(CC2CCNCC2)C1. The lowest BCUT2D eigenvalue weighted by atomic mass is 9.98. The molecule has 6 nitrogen and oxygen atoms in total. The van der Waals surface area contributed by atoms with Crippen molar-refractivity contribution in [2.24, 2.45) is 17.0 Å². The molecule has 104 valence electrons. The molecule has 0 aliphatic carbocycles. The van der Waals surface area contributed by atoms with Crippen molar-refractivity contribution < 1.29 is 13.2 Å². The van der Waals surface area contributed by atoms with Crippen LogP contribution < -0.4 is 10.5 Å². The van der Waals surface area contributed by atoms with E-state index in [0.29, 0.717) is 18.9 Å². The molecule has 0 aromatic rings. The van der Waals surface area contributed by atoms with Crippen molar-refractivity contribution in [1.82, 2.24) is 10.2 Å². The van der Waals surface area contributed by atoms with E-state index in [2.05, 4.69) is 5.32 Å². The van der Waals surface area contributed by atoms with Crippen molar-refractivity contribution in [1.29, 1.82) is 0 Å². The fraction of sp³-hybridized carbons (Fsp3) is 0.909. The number of hydrogen-bond donors (Lipinski definition) is 2. The minimum Gasteiger partial charge on any atom is -0.342 e. The Hall–Kier alpha value is -0.660. The molecule has 0 aromatic carbocycles. The van der Waals surface area contributed by atoms with Crippen LogP contribution in [0.25, 0.3) is 0 Å². The molecule has 0 bridgehead atoms. The number of primary sulfonamides is 1. The largest absolute Gasteiger partial charge is 0.342 e. The van der Waals surface area contributed by atoms with Crippen molar-refractivity contribution in [3.05, 3.63) is 0 Å². The second kappa shape index (κ2) is 5.54. The Morgan fingerprint density at radius 2 is 1.94 bits per heavy atom. The predicted octanol–water partition coefficient (Wildman–Crippen LogP) is -0.877. The van der Waals surface area contributed by atoms with Gasteiger partial charge in [0, 0.05) is 25.4 Å². The van der Waals surface area contributed by atoms with Crippen LogP contribution in [-0.2, 0) is 14.8 Å². The van der Waals surface area contributed by atoms with E-state index in [1.165, 1.54) is 0 Å². The molecule has 0 saturated carbocycles. The van der Waals surface area contributed by atoms with Crippen molar-refractivity contribution in [2.45, 2.75) is 19.3 Å². The van der Waals surface area contributed by atoms with Gasteiger partial charge in [-0.25, -0.2) is 13.6 Å². The van der Waals surface area contributed by atoms with E-state index in [-0.39, 0.29) is 17.6 Å². The topological polar surface area (TPSA) is 92.5 Å². The molecule has 2 aliphatic rings. The maximum Gasteiger partial charge on any atom is 0.222 e. The van der Waals surface area contributed by atoms with Gasteiger partial charge in [-0.3, -0.25) is 4.79 Å². The van der Waals surface area contributed by atoms with Gasteiger partial charge in [0.2, 0.25) is 15.9 Å². The van der Waals surface area contributed by atoms with Crippen LogP contribution in [0.5, 0.6) is 0 Å². The lowest BCUT2D eigenvalue weighted by Crippen LogP contribution is -2.37. The van der Waals surface area contributed by atoms with Crippen LogP contribution in [0.2, 0.25) is 0 Å². The zero-order valence-corrected chi connectivity index (χ0v) is 11.3. The molecule has 2 aliphatic heterocycles. The molecule has 1 amide bonds. The summed E-state index contributed by atoms with van der Waals surface area (Å²) in [4.78, 5) is 13.6. The molecule has 2 heterocycles. The molecule has 18 heavy (non-hydrogen) atoms. The molecule has 1 unspecified atom stereocenters. The van der Waals surface area contributed by atoms with Gasteiger partial charge >= 0.3 is 0 Å². The van der Waals surface area contributed by atoms with Gasteiger partial charge in [-0.05, 0) is 31.8 Å². The Morgan fingerprint density at radius 1 is 1.28 bits per heavy atom. The van der Waals surface area contributed by atoms with Crippen LogP contribution >= 0.6 is 0 Å². The zero-order chi connectivity index (χ0) is 13.2. The molecular formula is C11H21N3O3S. The molecule has 0 spiro atoms. The van der Waals surface area contributed by atoms with E-state index in [0.717, 1.165) is 32.5 Å². The number of carbonyl (C=O) groups excluding carboxylic acids is 1. The fourth-order valence-corrected chi connectivity index (χ4v) is 3.73. The Kier molecular flexibility index (Phi) is 4.24. The standard InChI is InChI=1S/C11H21N3O3S/c12-18(16,17)8-10-5-11(15)14(7-10)6-9-1-3-13-4-2-9/h9-10,13H,1-8H2,(H2,12,16,17). The van der Waals surface area contributed by atoms with Crippen LogP contribution in [0.4, 0.5) is 0 Å². The summed E-state index contributed by atoms with van der Waals surface area (Å²) in [6.07, 6.45) is 2.49. The predicted molar refractivity (Wildman–Crippen MR) is 68.3 cm³/mol. The van der Waals surface area contributed by atoms with E-state index < -0.39 is 10.0 Å². The molecule has 2 fully saturated rings. The Balaban J connectivity index is 1.85. The number of carbonyl (C=O) groups is 1. The second-order valence-corrected chi connectivity index (χ2v) is 7.05. The quantitative estimate of drug-likeness (QED) is 0.697. The molecule has 7 heteroatoms. The number of hydrogen-bond acceptors (Lipinski definition) is 4. The summed E-state index contributed by atoms with van der Waals surface area (Å²) in [5, 5.41) is 8.32. The minimum absolute atomic E-state index is 0.0715. The Labute approximate surface area is 108 Å². The Bertz CT molecular complexity index is 404. The molecular weight excluding hydrogens is 254 g/mol. The number of nitrogens with zero attached hydrogens (tertiary/aromatic N) is 1. The average Bonchev–Trinajstić information content (AvgIpc) is 2.58. The second-order valence-electron chi connectivity index (χ2n) is 5.39. The third-order valence-corrected chi connectivity index (χ3v) is 4.64. The van der Waals surface area contributed by atoms with Gasteiger partial charge in [0.1, 0.15) is 0 Å². The smallest absolute Gasteiger partial charge is 0.222 e. The van der Waals surface area contributed by atoms with Gasteiger partial charge < -0.3 is 10.2 Å². The average molecular weight is 275 g/mol. The van der Waals surface area contributed by atoms with E-state index in [9.17, 15) is 13.2 Å². The highest BCUT2D eigenvalue weighted by Crippen LogP contribution is 2.22. The minimum atomic E-state index is -3.48. The van der Waals surface area contributed by atoms with E-state index in [1.807, 2.05) is 4.90 Å². The summed E-state index contributed by atoms with van der Waals surface area (Å²) >= 11 is 0. The van der Waals surface area contributed by atoms with Gasteiger partial charge in [-0.15, -0.1) is 0 Å². The molecule has 2 rings (SSSR count). The summed E-state index contributed by atoms with van der Waals surface area (Å²) in [6.45, 7) is 3.32. The third kappa shape index (κ3) is 3.93. The van der Waals surface area contributed by atoms with Gasteiger partial charge in [0.05, 0.1) is 5.75 Å². The molecule has 1 atom stereocenters. The van der Waals surface area contributed by atoms with Crippen molar-refractivity contribution in [3.63, 3.8) is 0 Å². The highest BCUT2D eigenvalue weighted by Gasteiger charge is 2.33. The Morgan fingerprint density at radius 3 is 2.56 bits per heavy atom. The van der Waals surface area contributed by atoms with Gasteiger partial charge in [-0.2, -0.15) is 0 Å². The van der Waals surface area contributed by atoms with Crippen molar-refractivity contribution in [3.8, 4) is 0 Å². The number of sulfonamides is 1.